The molecule has 4 nitrogen and oxygen atoms in total. The van der Waals surface area contributed by atoms with Crippen LogP contribution >= 0.6 is 0 Å². The highest BCUT2D eigenvalue weighted by Crippen LogP contribution is 2.33. The Balaban J connectivity index is 1.65. The standard InChI is InChI=1S/C18H23F2NO3/c19-15-7-6-12(8-16(15)20)17-9-13(22)10-21(17)18(23)11-24-14-4-2-1-3-5-14/h6-8,13-14,17,22H,1-5,9-11H2. The smallest absolute Gasteiger partial charge is 0.249 e. The highest BCUT2D eigenvalue weighted by atomic mass is 19.2. The van der Waals surface area contributed by atoms with Crippen molar-refractivity contribution in [2.24, 2.45) is 0 Å². The van der Waals surface area contributed by atoms with Crippen molar-refractivity contribution in [2.75, 3.05) is 13.2 Å². The number of rotatable bonds is 4. The number of carbonyl (C=O) groups excluding carboxylic acids is 1. The molecule has 6 heteroatoms. The summed E-state index contributed by atoms with van der Waals surface area (Å²) in [5, 5.41) is 9.92. The van der Waals surface area contributed by atoms with Crippen molar-refractivity contribution in [3.8, 4) is 0 Å². The van der Waals surface area contributed by atoms with Crippen LogP contribution in [0.5, 0.6) is 0 Å². The minimum absolute atomic E-state index is 0.0302. The number of halogens is 2. The molecular formula is C18H23F2NO3. The Kier molecular flexibility index (Phi) is 5.46. The van der Waals surface area contributed by atoms with Crippen molar-refractivity contribution in [1.82, 2.24) is 4.90 Å². The van der Waals surface area contributed by atoms with Crippen LogP contribution in [0.25, 0.3) is 0 Å². The number of aliphatic hydroxyl groups is 1. The van der Waals surface area contributed by atoms with Gasteiger partial charge in [0.05, 0.1) is 18.2 Å². The maximum atomic E-state index is 13.5. The van der Waals surface area contributed by atoms with Gasteiger partial charge >= 0.3 is 0 Å². The predicted molar refractivity (Wildman–Crippen MR) is 84.3 cm³/mol. The van der Waals surface area contributed by atoms with E-state index < -0.39 is 23.8 Å². The second-order valence-corrected chi connectivity index (χ2v) is 6.70. The number of ether oxygens (including phenoxy) is 1. The van der Waals surface area contributed by atoms with Crippen molar-refractivity contribution in [3.05, 3.63) is 35.4 Å². The summed E-state index contributed by atoms with van der Waals surface area (Å²) >= 11 is 0. The molecule has 0 aromatic heterocycles. The quantitative estimate of drug-likeness (QED) is 0.918. The molecular weight excluding hydrogens is 316 g/mol. The van der Waals surface area contributed by atoms with E-state index in [-0.39, 0.29) is 25.2 Å². The summed E-state index contributed by atoms with van der Waals surface area (Å²) in [6.45, 7) is 0.161. The van der Waals surface area contributed by atoms with Crippen molar-refractivity contribution in [3.63, 3.8) is 0 Å². The molecule has 1 saturated heterocycles. The first kappa shape index (κ1) is 17.3. The number of amides is 1. The molecule has 3 rings (SSSR count). The molecule has 0 bridgehead atoms. The average molecular weight is 339 g/mol. The fourth-order valence-corrected chi connectivity index (χ4v) is 3.63. The van der Waals surface area contributed by atoms with Crippen LogP contribution in [-0.4, -0.2) is 41.3 Å². The first-order valence-corrected chi connectivity index (χ1v) is 8.58. The topological polar surface area (TPSA) is 49.8 Å². The number of nitrogens with zero attached hydrogens (tertiary/aromatic N) is 1. The van der Waals surface area contributed by atoms with E-state index in [1.807, 2.05) is 0 Å². The average Bonchev–Trinajstić information content (AvgIpc) is 2.98. The molecule has 2 aliphatic rings. The lowest BCUT2D eigenvalue weighted by Crippen LogP contribution is -2.36. The minimum atomic E-state index is -0.945. The molecule has 1 aromatic carbocycles. The lowest BCUT2D eigenvalue weighted by molar-refractivity contribution is -0.140. The molecule has 1 aromatic rings. The largest absolute Gasteiger partial charge is 0.391 e. The summed E-state index contributed by atoms with van der Waals surface area (Å²) in [5.41, 5.74) is 0.497. The number of carbonyl (C=O) groups is 1. The van der Waals surface area contributed by atoms with Gasteiger partial charge in [-0.05, 0) is 37.0 Å². The molecule has 1 heterocycles. The minimum Gasteiger partial charge on any atom is -0.391 e. The third-order valence-electron chi connectivity index (χ3n) is 4.92. The maximum absolute atomic E-state index is 13.5. The number of benzene rings is 1. The van der Waals surface area contributed by atoms with E-state index in [0.29, 0.717) is 12.0 Å². The molecule has 0 radical (unpaired) electrons. The van der Waals surface area contributed by atoms with Gasteiger partial charge in [-0.15, -0.1) is 0 Å². The zero-order valence-corrected chi connectivity index (χ0v) is 13.6. The summed E-state index contributed by atoms with van der Waals surface area (Å²) in [4.78, 5) is 14.0. The summed E-state index contributed by atoms with van der Waals surface area (Å²) in [6, 6.07) is 3.16. The molecule has 1 aliphatic carbocycles. The van der Waals surface area contributed by atoms with Crippen LogP contribution in [0.4, 0.5) is 8.78 Å². The summed E-state index contributed by atoms with van der Waals surface area (Å²) in [6.07, 6.45) is 5.19. The van der Waals surface area contributed by atoms with Crippen molar-refractivity contribution < 1.29 is 23.4 Å². The van der Waals surface area contributed by atoms with Gasteiger partial charge in [-0.3, -0.25) is 4.79 Å². The fraction of sp³-hybridized carbons (Fsp3) is 0.611. The van der Waals surface area contributed by atoms with E-state index >= 15 is 0 Å². The Morgan fingerprint density at radius 2 is 1.96 bits per heavy atom. The van der Waals surface area contributed by atoms with Crippen molar-refractivity contribution >= 4 is 5.91 Å². The summed E-state index contributed by atoms with van der Waals surface area (Å²) < 4.78 is 32.3. The van der Waals surface area contributed by atoms with E-state index in [1.54, 1.807) is 0 Å². The molecule has 132 valence electrons. The van der Waals surface area contributed by atoms with Gasteiger partial charge in [0, 0.05) is 6.54 Å². The maximum Gasteiger partial charge on any atom is 0.249 e. The molecule has 2 fully saturated rings. The van der Waals surface area contributed by atoms with Crippen LogP contribution in [0.3, 0.4) is 0 Å². The van der Waals surface area contributed by atoms with E-state index in [4.69, 9.17) is 4.74 Å². The molecule has 0 spiro atoms. The van der Waals surface area contributed by atoms with E-state index in [0.717, 1.165) is 37.8 Å². The van der Waals surface area contributed by atoms with Gasteiger partial charge < -0.3 is 14.7 Å². The van der Waals surface area contributed by atoms with Crippen LogP contribution < -0.4 is 0 Å². The van der Waals surface area contributed by atoms with Gasteiger partial charge in [0.15, 0.2) is 11.6 Å². The molecule has 24 heavy (non-hydrogen) atoms. The second-order valence-electron chi connectivity index (χ2n) is 6.70. The molecule has 1 amide bonds. The Morgan fingerprint density at radius 1 is 1.21 bits per heavy atom. The molecule has 2 atom stereocenters. The highest BCUT2D eigenvalue weighted by molar-refractivity contribution is 5.78. The second kappa shape index (κ2) is 7.57. The molecule has 1 N–H and O–H groups in total. The molecule has 1 aliphatic heterocycles. The van der Waals surface area contributed by atoms with Crippen LogP contribution in [0.1, 0.15) is 50.1 Å². The zero-order chi connectivity index (χ0) is 17.1. The summed E-state index contributed by atoms with van der Waals surface area (Å²) in [7, 11) is 0. The van der Waals surface area contributed by atoms with E-state index in [9.17, 15) is 18.7 Å². The third kappa shape index (κ3) is 3.92. The lowest BCUT2D eigenvalue weighted by atomic mass is 9.98. The zero-order valence-electron chi connectivity index (χ0n) is 13.6. The predicted octanol–water partition coefficient (Wildman–Crippen LogP) is 2.95. The van der Waals surface area contributed by atoms with Gasteiger partial charge in [0.25, 0.3) is 0 Å². The van der Waals surface area contributed by atoms with Crippen LogP contribution in [0.15, 0.2) is 18.2 Å². The number of β-amino-alcohol motifs (C(OH)–C–C–N with tert-alkyl or cyclic N) is 1. The monoisotopic (exact) mass is 339 g/mol. The van der Waals surface area contributed by atoms with Crippen LogP contribution in [0, 0.1) is 11.6 Å². The Morgan fingerprint density at radius 3 is 2.67 bits per heavy atom. The SMILES string of the molecule is O=C(COC1CCCCC1)N1CC(O)CC1c1ccc(F)c(F)c1. The van der Waals surface area contributed by atoms with E-state index in [2.05, 4.69) is 0 Å². The van der Waals surface area contributed by atoms with Gasteiger partial charge in [0.1, 0.15) is 6.61 Å². The van der Waals surface area contributed by atoms with Crippen LogP contribution in [-0.2, 0) is 9.53 Å². The number of likely N-dealkylation sites (tertiary alicyclic amines) is 1. The van der Waals surface area contributed by atoms with Gasteiger partial charge in [0.2, 0.25) is 5.91 Å². The first-order valence-electron chi connectivity index (χ1n) is 8.58. The highest BCUT2D eigenvalue weighted by Gasteiger charge is 2.35. The lowest BCUT2D eigenvalue weighted by Gasteiger charge is -2.27. The first-order chi connectivity index (χ1) is 11.5. The van der Waals surface area contributed by atoms with Crippen LogP contribution in [0.2, 0.25) is 0 Å². The van der Waals surface area contributed by atoms with Crippen molar-refractivity contribution in [1.29, 1.82) is 0 Å². The number of hydrogen-bond acceptors (Lipinski definition) is 3. The fourth-order valence-electron chi connectivity index (χ4n) is 3.63. The Labute approximate surface area is 140 Å². The van der Waals surface area contributed by atoms with E-state index in [1.165, 1.54) is 17.4 Å². The normalized spacial score (nSPS) is 25.2. The molecule has 1 saturated carbocycles. The Hall–Kier alpha value is -1.53. The van der Waals surface area contributed by atoms with Gasteiger partial charge in [-0.2, -0.15) is 0 Å². The summed E-state index contributed by atoms with van der Waals surface area (Å²) in [5.74, 6) is -2.08. The van der Waals surface area contributed by atoms with Gasteiger partial charge in [-0.1, -0.05) is 25.3 Å². The third-order valence-corrected chi connectivity index (χ3v) is 4.92. The number of aliphatic hydroxyl groups excluding tert-OH is 1. The number of hydrogen-bond donors (Lipinski definition) is 1. The Bertz CT molecular complexity index is 590. The van der Waals surface area contributed by atoms with Crippen molar-refractivity contribution in [2.45, 2.75) is 56.8 Å². The van der Waals surface area contributed by atoms with Gasteiger partial charge in [-0.25, -0.2) is 8.78 Å². The molecule has 2 unspecified atom stereocenters.